The molecule has 6 heteroatoms. The Kier molecular flexibility index (Phi) is 5.28. The van der Waals surface area contributed by atoms with Crippen molar-refractivity contribution in [2.75, 3.05) is 21.3 Å². The van der Waals surface area contributed by atoms with Gasteiger partial charge in [-0.2, -0.15) is 0 Å². The molecule has 0 spiro atoms. The lowest BCUT2D eigenvalue weighted by Crippen LogP contribution is -2.06. The highest BCUT2D eigenvalue weighted by Crippen LogP contribution is 2.38. The van der Waals surface area contributed by atoms with E-state index in [1.807, 2.05) is 19.1 Å². The minimum atomic E-state index is -0.250. The number of pyridine rings is 1. The van der Waals surface area contributed by atoms with Crippen LogP contribution >= 0.6 is 0 Å². The molecule has 0 unspecified atom stereocenters. The van der Waals surface area contributed by atoms with E-state index in [0.29, 0.717) is 34.0 Å². The van der Waals surface area contributed by atoms with E-state index >= 15 is 0 Å². The topological polar surface area (TPSA) is 77.9 Å². The second-order valence-electron chi connectivity index (χ2n) is 6.01. The van der Waals surface area contributed by atoms with Crippen molar-refractivity contribution in [3.8, 4) is 17.2 Å². The quantitative estimate of drug-likeness (QED) is 0.674. The van der Waals surface area contributed by atoms with Gasteiger partial charge in [-0.3, -0.25) is 4.79 Å². The van der Waals surface area contributed by atoms with E-state index in [4.69, 9.17) is 14.2 Å². The fourth-order valence-electron chi connectivity index (χ4n) is 3.05. The van der Waals surface area contributed by atoms with Gasteiger partial charge in [0, 0.05) is 10.9 Å². The molecule has 2 aromatic carbocycles. The minimum absolute atomic E-state index is 0.0338. The monoisotopic (exact) mass is 367 g/mol. The summed E-state index contributed by atoms with van der Waals surface area (Å²) in [5.74, 6) is 0.990. The normalized spacial score (nSPS) is 10.7. The molecule has 27 heavy (non-hydrogen) atoms. The first-order valence-electron chi connectivity index (χ1n) is 8.38. The van der Waals surface area contributed by atoms with Crippen molar-refractivity contribution < 1.29 is 24.1 Å². The van der Waals surface area contributed by atoms with Crippen LogP contribution < -0.4 is 14.2 Å². The third-order valence-corrected chi connectivity index (χ3v) is 4.58. The van der Waals surface area contributed by atoms with Gasteiger partial charge in [0.15, 0.2) is 11.5 Å². The van der Waals surface area contributed by atoms with E-state index in [-0.39, 0.29) is 12.4 Å². The number of rotatable bonds is 6. The van der Waals surface area contributed by atoms with E-state index in [1.54, 1.807) is 24.3 Å². The average Bonchev–Trinajstić information content (AvgIpc) is 2.72. The molecule has 140 valence electrons. The number of aliphatic hydroxyl groups is 1. The number of aryl methyl sites for hydroxylation is 1. The van der Waals surface area contributed by atoms with Crippen LogP contribution in [0.25, 0.3) is 10.9 Å². The van der Waals surface area contributed by atoms with Crippen LogP contribution in [0.4, 0.5) is 0 Å². The largest absolute Gasteiger partial charge is 0.493 e. The number of fused-ring (bicyclic) bond motifs is 1. The van der Waals surface area contributed by atoms with Gasteiger partial charge < -0.3 is 19.3 Å². The second-order valence-corrected chi connectivity index (χ2v) is 6.01. The fraction of sp³-hybridized carbons (Fsp3) is 0.238. The van der Waals surface area contributed by atoms with Gasteiger partial charge in [0.05, 0.1) is 33.5 Å². The lowest BCUT2D eigenvalue weighted by Gasteiger charge is -2.14. The van der Waals surface area contributed by atoms with Crippen molar-refractivity contribution in [3.63, 3.8) is 0 Å². The Balaban J connectivity index is 2.08. The van der Waals surface area contributed by atoms with Gasteiger partial charge in [0.1, 0.15) is 5.69 Å². The second kappa shape index (κ2) is 7.63. The molecule has 0 aliphatic carbocycles. The summed E-state index contributed by atoms with van der Waals surface area (Å²) in [6.45, 7) is 1.89. The van der Waals surface area contributed by atoms with Crippen LogP contribution in [0.5, 0.6) is 17.2 Å². The van der Waals surface area contributed by atoms with E-state index in [2.05, 4.69) is 4.98 Å². The maximum Gasteiger partial charge on any atom is 0.211 e. The highest BCUT2D eigenvalue weighted by Gasteiger charge is 2.19. The number of methoxy groups -OCH3 is 3. The predicted octanol–water partition coefficient (Wildman–Crippen LogP) is 3.29. The molecule has 0 saturated heterocycles. The fourth-order valence-corrected chi connectivity index (χ4v) is 3.05. The third-order valence-electron chi connectivity index (χ3n) is 4.58. The van der Waals surface area contributed by atoms with E-state index in [1.165, 1.54) is 21.3 Å². The molecule has 1 aromatic heterocycles. The summed E-state index contributed by atoms with van der Waals surface area (Å²) in [7, 11) is 4.51. The molecule has 0 fully saturated rings. The number of hydrogen-bond acceptors (Lipinski definition) is 6. The summed E-state index contributed by atoms with van der Waals surface area (Å²) < 4.78 is 15.9. The molecule has 0 aliphatic heterocycles. The molecule has 0 atom stereocenters. The first-order chi connectivity index (χ1) is 13.0. The molecule has 0 radical (unpaired) electrons. The third kappa shape index (κ3) is 3.31. The molecule has 1 heterocycles. The molecule has 3 aromatic rings. The Morgan fingerprint density at radius 1 is 1.00 bits per heavy atom. The highest BCUT2D eigenvalue weighted by molar-refractivity contribution is 6.09. The van der Waals surface area contributed by atoms with Crippen LogP contribution in [-0.4, -0.2) is 37.2 Å². The summed E-state index contributed by atoms with van der Waals surface area (Å²) in [5.41, 5.74) is 3.19. The zero-order valence-corrected chi connectivity index (χ0v) is 15.7. The highest BCUT2D eigenvalue weighted by atomic mass is 16.5. The molecule has 6 nitrogen and oxygen atoms in total. The summed E-state index contributed by atoms with van der Waals surface area (Å²) in [5, 5.41) is 10.3. The Bertz CT molecular complexity index is 988. The van der Waals surface area contributed by atoms with Gasteiger partial charge in [-0.15, -0.1) is 0 Å². The first kappa shape index (κ1) is 18.7. The predicted molar refractivity (Wildman–Crippen MR) is 102 cm³/mol. The molecule has 0 bridgehead atoms. The van der Waals surface area contributed by atoms with Crippen molar-refractivity contribution in [2.24, 2.45) is 0 Å². The van der Waals surface area contributed by atoms with Crippen LogP contribution in [0.1, 0.15) is 27.2 Å². The molecule has 1 N–H and O–H groups in total. The number of aromatic nitrogens is 1. The van der Waals surface area contributed by atoms with Crippen LogP contribution in [-0.2, 0) is 6.61 Å². The van der Waals surface area contributed by atoms with Gasteiger partial charge in [0.2, 0.25) is 11.5 Å². The van der Waals surface area contributed by atoms with Gasteiger partial charge >= 0.3 is 0 Å². The lowest BCUT2D eigenvalue weighted by molar-refractivity contribution is 0.103. The zero-order chi connectivity index (χ0) is 19.6. The van der Waals surface area contributed by atoms with Crippen LogP contribution in [0.2, 0.25) is 0 Å². The SMILES string of the molecule is COc1cc(C(=O)c2ccc3c(C)c(CO)ccc3n2)cc(OC)c1OC. The molecule has 3 rings (SSSR count). The number of benzene rings is 2. The zero-order valence-electron chi connectivity index (χ0n) is 15.7. The smallest absolute Gasteiger partial charge is 0.211 e. The van der Waals surface area contributed by atoms with Crippen molar-refractivity contribution in [3.05, 3.63) is 58.8 Å². The molecule has 0 amide bonds. The van der Waals surface area contributed by atoms with E-state index in [9.17, 15) is 9.90 Å². The molecular weight excluding hydrogens is 346 g/mol. The Morgan fingerprint density at radius 2 is 1.67 bits per heavy atom. The van der Waals surface area contributed by atoms with Gasteiger partial charge in [0.25, 0.3) is 0 Å². The van der Waals surface area contributed by atoms with Crippen LogP contribution in [0, 0.1) is 6.92 Å². The Labute approximate surface area is 157 Å². The van der Waals surface area contributed by atoms with Crippen LogP contribution in [0.3, 0.4) is 0 Å². The standard InChI is InChI=1S/C21H21NO5/c1-12-13(11-23)5-7-16-15(12)6-8-17(22-16)20(24)14-9-18(25-2)21(27-4)19(10-14)26-3/h5-10,23H,11H2,1-4H3. The number of carbonyl (C=O) groups is 1. The number of ether oxygens (including phenoxy) is 3. The van der Waals surface area contributed by atoms with Gasteiger partial charge in [-0.25, -0.2) is 4.98 Å². The number of hydrogen-bond donors (Lipinski definition) is 1. The summed E-state index contributed by atoms with van der Waals surface area (Å²) in [6.07, 6.45) is 0. The van der Waals surface area contributed by atoms with Crippen molar-refractivity contribution in [2.45, 2.75) is 13.5 Å². The molecule has 0 aliphatic rings. The number of aliphatic hydroxyl groups excluding tert-OH is 1. The Hall–Kier alpha value is -3.12. The minimum Gasteiger partial charge on any atom is -0.493 e. The van der Waals surface area contributed by atoms with Gasteiger partial charge in [-0.05, 0) is 42.3 Å². The van der Waals surface area contributed by atoms with E-state index < -0.39 is 0 Å². The van der Waals surface area contributed by atoms with Crippen molar-refractivity contribution in [1.29, 1.82) is 0 Å². The number of ketones is 1. The molecular formula is C21H21NO5. The lowest BCUT2D eigenvalue weighted by atomic mass is 10.0. The Morgan fingerprint density at radius 3 is 2.22 bits per heavy atom. The maximum atomic E-state index is 13.0. The van der Waals surface area contributed by atoms with Crippen LogP contribution in [0.15, 0.2) is 36.4 Å². The first-order valence-corrected chi connectivity index (χ1v) is 8.38. The summed E-state index contributed by atoms with van der Waals surface area (Å²) in [6, 6.07) is 10.4. The average molecular weight is 367 g/mol. The summed E-state index contributed by atoms with van der Waals surface area (Å²) >= 11 is 0. The van der Waals surface area contributed by atoms with Crippen molar-refractivity contribution in [1.82, 2.24) is 4.98 Å². The maximum absolute atomic E-state index is 13.0. The van der Waals surface area contributed by atoms with E-state index in [0.717, 1.165) is 16.5 Å². The van der Waals surface area contributed by atoms with Crippen molar-refractivity contribution >= 4 is 16.7 Å². The number of nitrogens with zero attached hydrogens (tertiary/aromatic N) is 1. The number of carbonyl (C=O) groups excluding carboxylic acids is 1. The molecule has 0 saturated carbocycles. The summed E-state index contributed by atoms with van der Waals surface area (Å²) in [4.78, 5) is 17.5. The van der Waals surface area contributed by atoms with Gasteiger partial charge in [-0.1, -0.05) is 12.1 Å².